The van der Waals surface area contributed by atoms with Gasteiger partial charge < -0.3 is 10.2 Å². The molecule has 3 heteroatoms. The lowest BCUT2D eigenvalue weighted by Gasteiger charge is -1.79. The van der Waals surface area contributed by atoms with Gasteiger partial charge in [0.05, 0.1) is 0 Å². The lowest BCUT2D eigenvalue weighted by molar-refractivity contribution is 0.553. The van der Waals surface area contributed by atoms with Gasteiger partial charge in [-0.3, -0.25) is 0 Å². The highest BCUT2D eigenvalue weighted by Gasteiger charge is 2.01. The molecule has 0 saturated heterocycles. The third-order valence-corrected chi connectivity index (χ3v) is 1.00. The highest BCUT2D eigenvalue weighted by Crippen LogP contribution is 2.14. The smallest absolute Gasteiger partial charge is 0.208 e. The van der Waals surface area contributed by atoms with E-state index in [-0.39, 0.29) is 5.88 Å². The molecule has 0 aliphatic carbocycles. The van der Waals surface area contributed by atoms with Gasteiger partial charge in [0.25, 0.3) is 0 Å². The molecule has 1 heterocycles. The molecule has 0 spiro atoms. The van der Waals surface area contributed by atoms with E-state index in [4.69, 9.17) is 15.4 Å². The molecule has 0 atom stereocenters. The van der Waals surface area contributed by atoms with Crippen molar-refractivity contribution in [2.75, 3.05) is 5.73 Å². The van der Waals surface area contributed by atoms with E-state index in [1.165, 1.54) is 0 Å². The summed E-state index contributed by atoms with van der Waals surface area (Å²) < 4.78 is 4.86. The topological polar surface area (TPSA) is 63.0 Å². The van der Waals surface area contributed by atoms with Crippen LogP contribution in [0.25, 0.3) is 0 Å². The van der Waals surface area contributed by atoms with Gasteiger partial charge >= 0.3 is 0 Å². The van der Waals surface area contributed by atoms with Crippen LogP contribution in [-0.4, -0.2) is 0 Å². The zero-order valence-electron chi connectivity index (χ0n) is 5.01. The largest absolute Gasteiger partial charge is 0.445 e. The summed E-state index contributed by atoms with van der Waals surface area (Å²) in [5.74, 6) is 0.874. The van der Waals surface area contributed by atoms with Gasteiger partial charge in [0.15, 0.2) is 0 Å². The molecule has 0 bridgehead atoms. The van der Waals surface area contributed by atoms with Crippen molar-refractivity contribution in [2.45, 2.75) is 6.92 Å². The number of nitrogens with two attached hydrogens (primary N) is 1. The minimum Gasteiger partial charge on any atom is -0.445 e. The first kappa shape index (κ1) is 5.70. The third kappa shape index (κ3) is 0.868. The average Bonchev–Trinajstić information content (AvgIpc) is 2.10. The van der Waals surface area contributed by atoms with Crippen LogP contribution in [0, 0.1) is 18.3 Å². The Bertz CT molecular complexity index is 257. The van der Waals surface area contributed by atoms with E-state index in [1.54, 1.807) is 13.0 Å². The molecule has 0 amide bonds. The Morgan fingerprint density at radius 3 is 2.67 bits per heavy atom. The van der Waals surface area contributed by atoms with E-state index in [9.17, 15) is 0 Å². The quantitative estimate of drug-likeness (QED) is 0.559. The lowest BCUT2D eigenvalue weighted by Crippen LogP contribution is -1.81. The molecule has 3 nitrogen and oxygen atoms in total. The van der Waals surface area contributed by atoms with E-state index in [0.29, 0.717) is 11.3 Å². The zero-order chi connectivity index (χ0) is 6.85. The van der Waals surface area contributed by atoms with Crippen LogP contribution in [0.1, 0.15) is 11.3 Å². The number of nitrogen functional groups attached to an aromatic ring is 1. The van der Waals surface area contributed by atoms with E-state index >= 15 is 0 Å². The monoisotopic (exact) mass is 122 g/mol. The molecule has 0 aliphatic heterocycles. The second-order valence-corrected chi connectivity index (χ2v) is 1.75. The van der Waals surface area contributed by atoms with E-state index < -0.39 is 0 Å². The highest BCUT2D eigenvalue weighted by atomic mass is 16.3. The summed E-state index contributed by atoms with van der Waals surface area (Å²) >= 11 is 0. The van der Waals surface area contributed by atoms with Crippen molar-refractivity contribution in [1.82, 2.24) is 0 Å². The highest BCUT2D eigenvalue weighted by molar-refractivity contribution is 5.46. The minimum atomic E-state index is 0.204. The fraction of sp³-hybridized carbons (Fsp3) is 0.167. The molecule has 46 valence electrons. The first-order chi connectivity index (χ1) is 4.24. The SMILES string of the molecule is Cc1cc(C#N)c(N)o1. The second-order valence-electron chi connectivity index (χ2n) is 1.75. The number of nitriles is 1. The molecule has 0 unspecified atom stereocenters. The molecule has 2 N–H and O–H groups in total. The van der Waals surface area contributed by atoms with Crippen molar-refractivity contribution >= 4 is 5.88 Å². The molecule has 9 heavy (non-hydrogen) atoms. The van der Waals surface area contributed by atoms with E-state index in [0.717, 1.165) is 0 Å². The van der Waals surface area contributed by atoms with E-state index in [1.807, 2.05) is 6.07 Å². The number of hydrogen-bond acceptors (Lipinski definition) is 3. The molecule has 0 aliphatic rings. The first-order valence-electron chi connectivity index (χ1n) is 2.50. The van der Waals surface area contributed by atoms with Gasteiger partial charge in [-0.25, -0.2) is 0 Å². The Morgan fingerprint density at radius 2 is 2.44 bits per heavy atom. The molecule has 1 aromatic rings. The maximum absolute atomic E-state index is 8.34. The standard InChI is InChI=1S/C6H6N2O/c1-4-2-5(3-7)6(8)9-4/h2H,8H2,1H3. The van der Waals surface area contributed by atoms with Crippen LogP contribution in [0.2, 0.25) is 0 Å². The van der Waals surface area contributed by atoms with Crippen LogP contribution in [0.5, 0.6) is 0 Å². The van der Waals surface area contributed by atoms with Crippen molar-refractivity contribution in [3.8, 4) is 6.07 Å². The van der Waals surface area contributed by atoms with Gasteiger partial charge in [-0.15, -0.1) is 0 Å². The number of furan rings is 1. The molecular formula is C6H6N2O. The molecule has 0 aromatic carbocycles. The Labute approximate surface area is 52.7 Å². The van der Waals surface area contributed by atoms with Crippen LogP contribution in [0.3, 0.4) is 0 Å². The van der Waals surface area contributed by atoms with Gasteiger partial charge in [-0.05, 0) is 13.0 Å². The summed E-state index contributed by atoms with van der Waals surface area (Å²) in [6.07, 6.45) is 0. The maximum atomic E-state index is 8.34. The summed E-state index contributed by atoms with van der Waals surface area (Å²) in [6, 6.07) is 3.50. The average molecular weight is 122 g/mol. The Morgan fingerprint density at radius 1 is 1.78 bits per heavy atom. The summed E-state index contributed by atoms with van der Waals surface area (Å²) in [6.45, 7) is 1.75. The third-order valence-electron chi connectivity index (χ3n) is 1.00. The fourth-order valence-corrected chi connectivity index (χ4v) is 0.620. The molecule has 1 rings (SSSR count). The van der Waals surface area contributed by atoms with Crippen molar-refractivity contribution in [2.24, 2.45) is 0 Å². The minimum absolute atomic E-state index is 0.204. The fourth-order valence-electron chi connectivity index (χ4n) is 0.620. The number of nitrogens with zero attached hydrogens (tertiary/aromatic N) is 1. The molecule has 0 radical (unpaired) electrons. The first-order valence-corrected chi connectivity index (χ1v) is 2.50. The summed E-state index contributed by atoms with van der Waals surface area (Å²) in [5.41, 5.74) is 5.67. The summed E-state index contributed by atoms with van der Waals surface area (Å²) in [5, 5.41) is 8.34. The van der Waals surface area contributed by atoms with Gasteiger partial charge in [-0.2, -0.15) is 5.26 Å². The van der Waals surface area contributed by atoms with Crippen LogP contribution in [0.4, 0.5) is 5.88 Å². The van der Waals surface area contributed by atoms with Crippen molar-refractivity contribution in [3.63, 3.8) is 0 Å². The Balaban J connectivity index is 3.20. The number of hydrogen-bond donors (Lipinski definition) is 1. The number of rotatable bonds is 0. The van der Waals surface area contributed by atoms with Crippen LogP contribution in [0.15, 0.2) is 10.5 Å². The zero-order valence-corrected chi connectivity index (χ0v) is 5.01. The normalized spacial score (nSPS) is 8.89. The predicted molar refractivity (Wildman–Crippen MR) is 32.6 cm³/mol. The number of aryl methyl sites for hydroxylation is 1. The van der Waals surface area contributed by atoms with Gasteiger partial charge in [0.2, 0.25) is 5.88 Å². The molecule has 0 saturated carbocycles. The van der Waals surface area contributed by atoms with Crippen molar-refractivity contribution in [3.05, 3.63) is 17.4 Å². The molecular weight excluding hydrogens is 116 g/mol. The second kappa shape index (κ2) is 1.82. The summed E-state index contributed by atoms with van der Waals surface area (Å²) in [7, 11) is 0. The van der Waals surface area contributed by atoms with Crippen molar-refractivity contribution < 1.29 is 4.42 Å². The molecule has 0 fully saturated rings. The Kier molecular flexibility index (Phi) is 1.16. The lowest BCUT2D eigenvalue weighted by atomic mass is 10.3. The van der Waals surface area contributed by atoms with Gasteiger partial charge in [-0.1, -0.05) is 0 Å². The number of anilines is 1. The molecule has 1 aromatic heterocycles. The van der Waals surface area contributed by atoms with Crippen LogP contribution < -0.4 is 5.73 Å². The summed E-state index contributed by atoms with van der Waals surface area (Å²) in [4.78, 5) is 0. The van der Waals surface area contributed by atoms with Crippen LogP contribution in [-0.2, 0) is 0 Å². The predicted octanol–water partition coefficient (Wildman–Crippen LogP) is 1.04. The van der Waals surface area contributed by atoms with Gasteiger partial charge in [0.1, 0.15) is 17.4 Å². The maximum Gasteiger partial charge on any atom is 0.208 e. The Hall–Kier alpha value is -1.43. The van der Waals surface area contributed by atoms with Crippen molar-refractivity contribution in [1.29, 1.82) is 5.26 Å². The van der Waals surface area contributed by atoms with Crippen LogP contribution >= 0.6 is 0 Å². The van der Waals surface area contributed by atoms with Gasteiger partial charge in [0, 0.05) is 0 Å². The van der Waals surface area contributed by atoms with E-state index in [2.05, 4.69) is 0 Å².